The van der Waals surface area contributed by atoms with Gasteiger partial charge in [0.05, 0.1) is 23.8 Å². The predicted molar refractivity (Wildman–Crippen MR) is 72.0 cm³/mol. The summed E-state index contributed by atoms with van der Waals surface area (Å²) in [4.78, 5) is 4.30. The third kappa shape index (κ3) is 2.80. The van der Waals surface area contributed by atoms with Gasteiger partial charge >= 0.3 is 0 Å². The van der Waals surface area contributed by atoms with Crippen LogP contribution >= 0.6 is 11.8 Å². The molecule has 0 radical (unpaired) electrons. The van der Waals surface area contributed by atoms with Crippen LogP contribution in [0.1, 0.15) is 38.9 Å². The summed E-state index contributed by atoms with van der Waals surface area (Å²) < 4.78 is 2.31. The number of aromatic nitrogens is 2. The van der Waals surface area contributed by atoms with Gasteiger partial charge in [0.15, 0.2) is 0 Å². The summed E-state index contributed by atoms with van der Waals surface area (Å²) in [6.07, 6.45) is 7.23. The molecule has 1 aromatic rings. The van der Waals surface area contributed by atoms with E-state index in [4.69, 9.17) is 0 Å². The van der Waals surface area contributed by atoms with Gasteiger partial charge in [0.1, 0.15) is 0 Å². The molecule has 4 heteroatoms. The van der Waals surface area contributed by atoms with Gasteiger partial charge in [-0.1, -0.05) is 6.92 Å². The molecule has 1 N–H and O–H groups in total. The standard InChI is InChI=1S/C12H23N3S/c1-6-10(8-16-5)15-9-14-7-11(15)12(2,3)13-4/h7,9-10,13H,6,8H2,1-5H3. The zero-order valence-electron chi connectivity index (χ0n) is 10.9. The molecular formula is C12H23N3S. The van der Waals surface area contributed by atoms with Crippen LogP contribution in [0.4, 0.5) is 0 Å². The summed E-state index contributed by atoms with van der Waals surface area (Å²) in [5.41, 5.74) is 1.23. The lowest BCUT2D eigenvalue weighted by Crippen LogP contribution is -2.36. The van der Waals surface area contributed by atoms with Crippen LogP contribution in [-0.2, 0) is 5.54 Å². The van der Waals surface area contributed by atoms with Crippen molar-refractivity contribution in [1.82, 2.24) is 14.9 Å². The summed E-state index contributed by atoms with van der Waals surface area (Å²) >= 11 is 1.89. The first-order chi connectivity index (χ1) is 7.56. The predicted octanol–water partition coefficient (Wildman–Crippen LogP) is 2.65. The van der Waals surface area contributed by atoms with E-state index in [-0.39, 0.29) is 5.54 Å². The van der Waals surface area contributed by atoms with Gasteiger partial charge in [-0.3, -0.25) is 0 Å². The highest BCUT2D eigenvalue weighted by Crippen LogP contribution is 2.25. The fourth-order valence-electron chi connectivity index (χ4n) is 1.80. The van der Waals surface area contributed by atoms with Crippen molar-refractivity contribution in [2.24, 2.45) is 0 Å². The zero-order chi connectivity index (χ0) is 12.2. The second-order valence-corrected chi connectivity index (χ2v) is 5.49. The summed E-state index contributed by atoms with van der Waals surface area (Å²) in [5.74, 6) is 1.14. The molecule has 0 amide bonds. The number of imidazole rings is 1. The Morgan fingerprint density at radius 2 is 2.25 bits per heavy atom. The normalized spacial score (nSPS) is 14.1. The van der Waals surface area contributed by atoms with E-state index in [0.29, 0.717) is 6.04 Å². The van der Waals surface area contributed by atoms with E-state index in [0.717, 1.165) is 12.2 Å². The molecule has 1 unspecified atom stereocenters. The Hall–Kier alpha value is -0.480. The van der Waals surface area contributed by atoms with Gasteiger partial charge in [-0.25, -0.2) is 4.98 Å². The number of hydrogen-bond acceptors (Lipinski definition) is 3. The third-order valence-corrected chi connectivity index (χ3v) is 3.87. The summed E-state index contributed by atoms with van der Waals surface area (Å²) in [6.45, 7) is 6.61. The smallest absolute Gasteiger partial charge is 0.0951 e. The lowest BCUT2D eigenvalue weighted by atomic mass is 10.0. The Bertz CT molecular complexity index is 320. The first-order valence-electron chi connectivity index (χ1n) is 5.77. The van der Waals surface area contributed by atoms with Crippen LogP contribution in [0.15, 0.2) is 12.5 Å². The number of hydrogen-bond donors (Lipinski definition) is 1. The van der Waals surface area contributed by atoms with Crippen LogP contribution in [0.5, 0.6) is 0 Å². The highest BCUT2D eigenvalue weighted by molar-refractivity contribution is 7.98. The molecule has 16 heavy (non-hydrogen) atoms. The Labute approximate surface area is 103 Å². The summed E-state index contributed by atoms with van der Waals surface area (Å²) in [6, 6.07) is 0.542. The molecule has 0 saturated heterocycles. The Morgan fingerprint density at radius 1 is 1.56 bits per heavy atom. The van der Waals surface area contributed by atoms with Gasteiger partial charge in [-0.2, -0.15) is 11.8 Å². The van der Waals surface area contributed by atoms with Gasteiger partial charge in [0.25, 0.3) is 0 Å². The minimum absolute atomic E-state index is 0.0255. The topological polar surface area (TPSA) is 29.9 Å². The molecule has 3 nitrogen and oxygen atoms in total. The summed E-state index contributed by atoms with van der Waals surface area (Å²) in [5, 5.41) is 3.34. The molecule has 1 heterocycles. The Kier molecular flexibility index (Phi) is 4.87. The maximum absolute atomic E-state index is 4.30. The number of nitrogens with zero attached hydrogens (tertiary/aromatic N) is 2. The van der Waals surface area contributed by atoms with Crippen LogP contribution in [0.3, 0.4) is 0 Å². The molecular weight excluding hydrogens is 218 g/mol. The van der Waals surface area contributed by atoms with E-state index >= 15 is 0 Å². The van der Waals surface area contributed by atoms with Gasteiger partial charge < -0.3 is 9.88 Å². The second kappa shape index (κ2) is 5.73. The molecule has 0 spiro atoms. The molecule has 1 atom stereocenters. The van der Waals surface area contributed by atoms with Crippen LogP contribution < -0.4 is 5.32 Å². The van der Waals surface area contributed by atoms with Crippen LogP contribution in [0.2, 0.25) is 0 Å². The molecule has 0 fully saturated rings. The van der Waals surface area contributed by atoms with Crippen molar-refractivity contribution >= 4 is 11.8 Å². The summed E-state index contributed by atoms with van der Waals surface area (Å²) in [7, 11) is 1.99. The molecule has 0 aromatic carbocycles. The average Bonchev–Trinajstić information content (AvgIpc) is 2.75. The first kappa shape index (κ1) is 13.6. The Morgan fingerprint density at radius 3 is 2.75 bits per heavy atom. The Balaban J connectivity index is 3.01. The molecule has 92 valence electrons. The van der Waals surface area contributed by atoms with Gasteiger partial charge in [-0.15, -0.1) is 0 Å². The van der Waals surface area contributed by atoms with E-state index < -0.39 is 0 Å². The van der Waals surface area contributed by atoms with E-state index in [1.807, 2.05) is 31.3 Å². The van der Waals surface area contributed by atoms with Crippen molar-refractivity contribution in [1.29, 1.82) is 0 Å². The largest absolute Gasteiger partial charge is 0.329 e. The monoisotopic (exact) mass is 241 g/mol. The van der Waals surface area contributed by atoms with Crippen molar-refractivity contribution < 1.29 is 0 Å². The number of rotatable bonds is 6. The molecule has 0 aliphatic rings. The zero-order valence-corrected chi connectivity index (χ0v) is 11.8. The van der Waals surface area contributed by atoms with E-state index in [1.54, 1.807) is 0 Å². The third-order valence-electron chi connectivity index (χ3n) is 3.16. The fourth-order valence-corrected chi connectivity index (χ4v) is 2.58. The molecule has 1 rings (SSSR count). The highest BCUT2D eigenvalue weighted by Gasteiger charge is 2.24. The molecule has 0 aliphatic carbocycles. The minimum atomic E-state index is -0.0255. The van der Waals surface area contributed by atoms with E-state index in [9.17, 15) is 0 Å². The van der Waals surface area contributed by atoms with Crippen LogP contribution in [-0.4, -0.2) is 28.6 Å². The van der Waals surface area contributed by atoms with Gasteiger partial charge in [0, 0.05) is 11.8 Å². The first-order valence-corrected chi connectivity index (χ1v) is 7.16. The molecule has 0 saturated carbocycles. The van der Waals surface area contributed by atoms with Crippen LogP contribution in [0, 0.1) is 0 Å². The van der Waals surface area contributed by atoms with Crippen molar-refractivity contribution in [3.05, 3.63) is 18.2 Å². The lowest BCUT2D eigenvalue weighted by Gasteiger charge is -2.28. The van der Waals surface area contributed by atoms with E-state index in [2.05, 4.69) is 41.9 Å². The number of thioether (sulfide) groups is 1. The molecule has 0 aliphatic heterocycles. The van der Waals surface area contributed by atoms with E-state index in [1.165, 1.54) is 5.69 Å². The van der Waals surface area contributed by atoms with Crippen molar-refractivity contribution in [3.63, 3.8) is 0 Å². The van der Waals surface area contributed by atoms with Gasteiger partial charge in [-0.05, 0) is 33.6 Å². The maximum atomic E-state index is 4.30. The molecule has 1 aromatic heterocycles. The van der Waals surface area contributed by atoms with Gasteiger partial charge in [0.2, 0.25) is 0 Å². The molecule has 0 bridgehead atoms. The minimum Gasteiger partial charge on any atom is -0.329 e. The fraction of sp³-hybridized carbons (Fsp3) is 0.750. The van der Waals surface area contributed by atoms with Crippen molar-refractivity contribution in [2.45, 2.75) is 38.8 Å². The quantitative estimate of drug-likeness (QED) is 0.830. The van der Waals surface area contributed by atoms with Crippen molar-refractivity contribution in [2.75, 3.05) is 19.1 Å². The van der Waals surface area contributed by atoms with Crippen LogP contribution in [0.25, 0.3) is 0 Å². The number of nitrogens with one attached hydrogen (secondary N) is 1. The second-order valence-electron chi connectivity index (χ2n) is 4.58. The highest BCUT2D eigenvalue weighted by atomic mass is 32.2. The maximum Gasteiger partial charge on any atom is 0.0951 e. The average molecular weight is 241 g/mol. The SMILES string of the molecule is CCC(CSC)n1cncc1C(C)(C)NC. The van der Waals surface area contributed by atoms with Crippen molar-refractivity contribution in [3.8, 4) is 0 Å². The lowest BCUT2D eigenvalue weighted by molar-refractivity contribution is 0.388.